The van der Waals surface area contributed by atoms with Gasteiger partial charge >= 0.3 is 0 Å². The molecule has 0 bridgehead atoms. The second-order valence-electron chi connectivity index (χ2n) is 11.7. The van der Waals surface area contributed by atoms with E-state index >= 15 is 0 Å². The van der Waals surface area contributed by atoms with Gasteiger partial charge in [-0.05, 0) is 62.7 Å². The molecule has 2 heterocycles. The summed E-state index contributed by atoms with van der Waals surface area (Å²) in [5.41, 5.74) is 11.1. The number of aromatic nitrogens is 4. The van der Waals surface area contributed by atoms with Crippen LogP contribution in [0.3, 0.4) is 0 Å². The third kappa shape index (κ3) is 6.53. The van der Waals surface area contributed by atoms with E-state index in [1.165, 1.54) is 0 Å². The van der Waals surface area contributed by atoms with Gasteiger partial charge in [0.25, 0.3) is 0 Å². The molecule has 0 unspecified atom stereocenters. The standard InChI is InChI=1S/C41H34N6S2/c1-27-24-25-34(42-38(30-16-8-4-9-17-30)36-28(2)44-46(40(36)48)32-20-12-6-13-21-32)35(26-27)43-39(31-18-10-5-11-19-31)37-29(3)45-47(41(37)49)33-22-14-7-15-23-33/h4-26,48-49H,1-3H3. The van der Waals surface area contributed by atoms with E-state index < -0.39 is 0 Å². The van der Waals surface area contributed by atoms with Crippen LogP contribution in [0.5, 0.6) is 0 Å². The van der Waals surface area contributed by atoms with Crippen LogP contribution < -0.4 is 0 Å². The molecule has 5 aromatic carbocycles. The molecule has 0 aliphatic carbocycles. The fourth-order valence-corrected chi connectivity index (χ4v) is 6.72. The van der Waals surface area contributed by atoms with Crippen molar-refractivity contribution < 1.29 is 0 Å². The van der Waals surface area contributed by atoms with Crippen LogP contribution in [-0.2, 0) is 0 Å². The SMILES string of the molecule is Cc1ccc(N=C(c2ccccc2)c2c(C)nn(-c3ccccc3)c2S)c(N=C(c2ccccc2)c2c(C)nn(-c3ccccc3)c2S)c1. The first-order valence-corrected chi connectivity index (χ1v) is 16.9. The van der Waals surface area contributed by atoms with E-state index in [0.717, 1.165) is 67.7 Å². The number of para-hydroxylation sites is 2. The van der Waals surface area contributed by atoms with Crippen molar-refractivity contribution in [3.63, 3.8) is 0 Å². The minimum atomic E-state index is 0.706. The Labute approximate surface area is 297 Å². The smallest absolute Gasteiger partial charge is 0.107 e. The Hall–Kier alpha value is -5.44. The molecule has 0 N–H and O–H groups in total. The van der Waals surface area contributed by atoms with Crippen molar-refractivity contribution in [3.8, 4) is 11.4 Å². The first-order chi connectivity index (χ1) is 23.9. The lowest BCUT2D eigenvalue weighted by Crippen LogP contribution is -2.06. The van der Waals surface area contributed by atoms with E-state index in [2.05, 4.69) is 43.3 Å². The van der Waals surface area contributed by atoms with Crippen LogP contribution in [0.25, 0.3) is 11.4 Å². The van der Waals surface area contributed by atoms with E-state index in [-0.39, 0.29) is 0 Å². The molecule has 0 atom stereocenters. The molecule has 0 aliphatic rings. The average molecular weight is 675 g/mol. The van der Waals surface area contributed by atoms with Crippen LogP contribution in [0, 0.1) is 20.8 Å². The predicted octanol–water partition coefficient (Wildman–Crippen LogP) is 9.90. The van der Waals surface area contributed by atoms with Crippen molar-refractivity contribution in [1.82, 2.24) is 19.6 Å². The maximum atomic E-state index is 5.39. The van der Waals surface area contributed by atoms with Gasteiger partial charge in [-0.2, -0.15) is 10.2 Å². The van der Waals surface area contributed by atoms with Gasteiger partial charge in [0.2, 0.25) is 0 Å². The van der Waals surface area contributed by atoms with Crippen molar-refractivity contribution >= 4 is 48.1 Å². The number of nitrogens with zero attached hydrogens (tertiary/aromatic N) is 6. The second kappa shape index (κ2) is 14.0. The topological polar surface area (TPSA) is 60.4 Å². The quantitative estimate of drug-likeness (QED) is 0.125. The summed E-state index contributed by atoms with van der Waals surface area (Å²) in [4.78, 5) is 10.8. The lowest BCUT2D eigenvalue weighted by atomic mass is 10.0. The van der Waals surface area contributed by atoms with Gasteiger partial charge in [0.15, 0.2) is 0 Å². The molecule has 6 nitrogen and oxygen atoms in total. The number of hydrogen-bond acceptors (Lipinski definition) is 6. The molecule has 0 fully saturated rings. The molecule has 7 rings (SSSR count). The van der Waals surface area contributed by atoms with Gasteiger partial charge in [-0.25, -0.2) is 19.3 Å². The number of rotatable bonds is 8. The van der Waals surface area contributed by atoms with E-state index in [4.69, 9.17) is 45.4 Å². The summed E-state index contributed by atoms with van der Waals surface area (Å²) in [6.07, 6.45) is 0. The Kier molecular flexibility index (Phi) is 9.15. The van der Waals surface area contributed by atoms with Crippen molar-refractivity contribution in [2.75, 3.05) is 0 Å². The first kappa shape index (κ1) is 32.1. The van der Waals surface area contributed by atoms with Crippen LogP contribution >= 0.6 is 25.3 Å². The summed E-state index contributed by atoms with van der Waals surface area (Å²) in [7, 11) is 0. The Morgan fingerprint density at radius 2 is 0.878 bits per heavy atom. The molecule has 49 heavy (non-hydrogen) atoms. The predicted molar refractivity (Wildman–Crippen MR) is 206 cm³/mol. The molecule has 0 amide bonds. The highest BCUT2D eigenvalue weighted by molar-refractivity contribution is 7.80. The molecule has 0 saturated heterocycles. The Bertz CT molecular complexity index is 2310. The van der Waals surface area contributed by atoms with Crippen molar-refractivity contribution in [1.29, 1.82) is 0 Å². The van der Waals surface area contributed by atoms with Crippen LogP contribution in [0.4, 0.5) is 11.4 Å². The highest BCUT2D eigenvalue weighted by atomic mass is 32.1. The fraction of sp³-hybridized carbons (Fsp3) is 0.0732. The number of hydrogen-bond donors (Lipinski definition) is 2. The van der Waals surface area contributed by atoms with Gasteiger partial charge in [-0.3, -0.25) is 0 Å². The van der Waals surface area contributed by atoms with Gasteiger partial charge in [0, 0.05) is 11.1 Å². The molecule has 2 aromatic heterocycles. The summed E-state index contributed by atoms with van der Waals surface area (Å²) in [5.74, 6) is 0. The summed E-state index contributed by atoms with van der Waals surface area (Å²) in [5, 5.41) is 11.2. The maximum Gasteiger partial charge on any atom is 0.107 e. The van der Waals surface area contributed by atoms with E-state index in [0.29, 0.717) is 15.7 Å². The Morgan fingerprint density at radius 3 is 1.31 bits per heavy atom. The summed E-state index contributed by atoms with van der Waals surface area (Å²) < 4.78 is 3.71. The maximum absolute atomic E-state index is 5.39. The number of benzene rings is 5. The molecule has 7 aromatic rings. The largest absolute Gasteiger partial charge is 0.245 e. The first-order valence-electron chi connectivity index (χ1n) is 16.0. The molecular formula is C41H34N6S2. The minimum Gasteiger partial charge on any atom is -0.245 e. The Morgan fingerprint density at radius 1 is 0.490 bits per heavy atom. The lowest BCUT2D eigenvalue weighted by Gasteiger charge is -2.13. The number of thiol groups is 2. The van der Waals surface area contributed by atoms with Gasteiger partial charge in [-0.1, -0.05) is 103 Å². The van der Waals surface area contributed by atoms with E-state index in [1.54, 1.807) is 0 Å². The van der Waals surface area contributed by atoms with Crippen molar-refractivity contribution in [2.24, 2.45) is 9.98 Å². The molecule has 0 aliphatic heterocycles. The minimum absolute atomic E-state index is 0.706. The molecule has 0 saturated carbocycles. The van der Waals surface area contributed by atoms with E-state index in [1.807, 2.05) is 126 Å². The van der Waals surface area contributed by atoms with Gasteiger partial charge in [-0.15, -0.1) is 25.3 Å². The number of aryl methyl sites for hydroxylation is 3. The second-order valence-corrected chi connectivity index (χ2v) is 12.6. The monoisotopic (exact) mass is 674 g/mol. The summed E-state index contributed by atoms with van der Waals surface area (Å²) in [6, 6.07) is 46.5. The van der Waals surface area contributed by atoms with Crippen LogP contribution in [0.1, 0.15) is 39.2 Å². The zero-order chi connectivity index (χ0) is 33.9. The average Bonchev–Trinajstić information content (AvgIpc) is 3.60. The summed E-state index contributed by atoms with van der Waals surface area (Å²) in [6.45, 7) is 6.06. The zero-order valence-corrected chi connectivity index (χ0v) is 29.1. The highest BCUT2D eigenvalue weighted by Crippen LogP contribution is 2.35. The number of aliphatic imine (C=N–C) groups is 2. The highest BCUT2D eigenvalue weighted by Gasteiger charge is 2.23. The zero-order valence-electron chi connectivity index (χ0n) is 27.4. The summed E-state index contributed by atoms with van der Waals surface area (Å²) >= 11 is 10.0. The van der Waals surface area contributed by atoms with Gasteiger partial charge in [0.1, 0.15) is 10.1 Å². The molecule has 8 heteroatoms. The third-order valence-electron chi connectivity index (χ3n) is 8.24. The van der Waals surface area contributed by atoms with Crippen LogP contribution in [-0.4, -0.2) is 31.0 Å². The molecular weight excluding hydrogens is 641 g/mol. The van der Waals surface area contributed by atoms with E-state index in [9.17, 15) is 0 Å². The fourth-order valence-electron chi connectivity index (χ4n) is 5.86. The van der Waals surface area contributed by atoms with Gasteiger partial charge in [0.05, 0.1) is 56.7 Å². The molecule has 240 valence electrons. The lowest BCUT2D eigenvalue weighted by molar-refractivity contribution is 0.796. The van der Waals surface area contributed by atoms with Crippen molar-refractivity contribution in [3.05, 3.63) is 179 Å². The van der Waals surface area contributed by atoms with Crippen molar-refractivity contribution in [2.45, 2.75) is 30.8 Å². The molecule has 0 spiro atoms. The third-order valence-corrected chi connectivity index (χ3v) is 9.06. The molecule has 0 radical (unpaired) electrons. The normalized spacial score (nSPS) is 12.0. The Balaban J connectivity index is 1.45. The van der Waals surface area contributed by atoms with Gasteiger partial charge < -0.3 is 0 Å². The van der Waals surface area contributed by atoms with Crippen LogP contribution in [0.15, 0.2) is 160 Å². The van der Waals surface area contributed by atoms with Crippen LogP contribution in [0.2, 0.25) is 0 Å².